The zero-order valence-corrected chi connectivity index (χ0v) is 14.4. The van der Waals surface area contributed by atoms with Crippen LogP contribution in [0.1, 0.15) is 5.56 Å². The van der Waals surface area contributed by atoms with Gasteiger partial charge in [-0.2, -0.15) is 5.26 Å². The van der Waals surface area contributed by atoms with E-state index in [1.165, 1.54) is 4.90 Å². The molecule has 0 bridgehead atoms. The molecule has 7 heteroatoms. The summed E-state index contributed by atoms with van der Waals surface area (Å²) in [6.07, 6.45) is 0. The van der Waals surface area contributed by atoms with E-state index < -0.39 is 0 Å². The number of nitrogens with one attached hydrogen (secondary N) is 2. The molecule has 2 amide bonds. The van der Waals surface area contributed by atoms with Gasteiger partial charge >= 0.3 is 0 Å². The van der Waals surface area contributed by atoms with Crippen molar-refractivity contribution in [2.24, 2.45) is 0 Å². The fraction of sp³-hybridized carbons (Fsp3) is 0.167. The van der Waals surface area contributed by atoms with Gasteiger partial charge in [-0.1, -0.05) is 23.7 Å². The van der Waals surface area contributed by atoms with Gasteiger partial charge in [-0.25, -0.2) is 0 Å². The average molecular weight is 357 g/mol. The van der Waals surface area contributed by atoms with Crippen LogP contribution < -0.4 is 10.6 Å². The molecule has 2 N–H and O–H groups in total. The minimum atomic E-state index is -0.331. The number of carbonyl (C=O) groups excluding carboxylic acids is 2. The first-order valence-electron chi connectivity index (χ1n) is 7.52. The number of nitriles is 1. The maximum atomic E-state index is 12.1. The number of para-hydroxylation sites is 1. The molecule has 0 fully saturated rings. The maximum Gasteiger partial charge on any atom is 0.244 e. The highest BCUT2D eigenvalue weighted by molar-refractivity contribution is 6.33. The minimum Gasteiger partial charge on any atom is -0.376 e. The minimum absolute atomic E-state index is 0.0434. The van der Waals surface area contributed by atoms with Gasteiger partial charge in [0.25, 0.3) is 0 Å². The van der Waals surface area contributed by atoms with Crippen molar-refractivity contribution < 1.29 is 9.59 Å². The van der Waals surface area contributed by atoms with Crippen LogP contribution in [0.15, 0.2) is 48.5 Å². The Labute approximate surface area is 151 Å². The van der Waals surface area contributed by atoms with Gasteiger partial charge in [-0.3, -0.25) is 9.59 Å². The molecule has 128 valence electrons. The third-order valence-electron chi connectivity index (χ3n) is 3.41. The van der Waals surface area contributed by atoms with E-state index in [9.17, 15) is 9.59 Å². The fourth-order valence-electron chi connectivity index (χ4n) is 2.03. The number of halogens is 1. The van der Waals surface area contributed by atoms with E-state index in [4.69, 9.17) is 16.9 Å². The Morgan fingerprint density at radius 3 is 2.48 bits per heavy atom. The van der Waals surface area contributed by atoms with Crippen LogP contribution in [0, 0.1) is 11.3 Å². The lowest BCUT2D eigenvalue weighted by molar-refractivity contribution is -0.131. The number of amides is 2. The number of nitrogens with zero attached hydrogens (tertiary/aromatic N) is 2. The van der Waals surface area contributed by atoms with Crippen molar-refractivity contribution in [2.45, 2.75) is 0 Å². The molecule has 0 radical (unpaired) electrons. The first kappa shape index (κ1) is 18.3. The Hall–Kier alpha value is -3.04. The number of rotatable bonds is 6. The molecule has 2 rings (SSSR count). The molecule has 0 atom stereocenters. The molecule has 0 saturated heterocycles. The van der Waals surface area contributed by atoms with Crippen LogP contribution in [0.2, 0.25) is 5.02 Å². The van der Waals surface area contributed by atoms with Crippen molar-refractivity contribution in [2.75, 3.05) is 30.8 Å². The molecule has 25 heavy (non-hydrogen) atoms. The summed E-state index contributed by atoms with van der Waals surface area (Å²) >= 11 is 5.98. The van der Waals surface area contributed by atoms with Crippen LogP contribution in [-0.4, -0.2) is 36.9 Å². The van der Waals surface area contributed by atoms with Crippen LogP contribution in [0.5, 0.6) is 0 Å². The van der Waals surface area contributed by atoms with Gasteiger partial charge in [-0.15, -0.1) is 0 Å². The molecular formula is C18H17ClN4O2. The second-order valence-corrected chi connectivity index (χ2v) is 5.73. The predicted molar refractivity (Wildman–Crippen MR) is 97.4 cm³/mol. The van der Waals surface area contributed by atoms with E-state index in [1.807, 2.05) is 6.07 Å². The van der Waals surface area contributed by atoms with Crippen LogP contribution in [-0.2, 0) is 9.59 Å². The van der Waals surface area contributed by atoms with Crippen molar-refractivity contribution in [3.8, 4) is 6.07 Å². The van der Waals surface area contributed by atoms with E-state index in [2.05, 4.69) is 10.6 Å². The first-order chi connectivity index (χ1) is 12.0. The Balaban J connectivity index is 1.82. The van der Waals surface area contributed by atoms with Crippen LogP contribution >= 0.6 is 11.6 Å². The second kappa shape index (κ2) is 8.71. The lowest BCUT2D eigenvalue weighted by Gasteiger charge is -2.17. The summed E-state index contributed by atoms with van der Waals surface area (Å²) in [7, 11) is 1.55. The lowest BCUT2D eigenvalue weighted by atomic mass is 10.2. The van der Waals surface area contributed by atoms with Gasteiger partial charge in [0.15, 0.2) is 0 Å². The molecule has 0 heterocycles. The number of hydrogen-bond acceptors (Lipinski definition) is 4. The normalized spacial score (nSPS) is 9.80. The second-order valence-electron chi connectivity index (χ2n) is 5.32. The largest absolute Gasteiger partial charge is 0.376 e. The molecule has 6 nitrogen and oxygen atoms in total. The Bertz CT molecular complexity index is 799. The van der Waals surface area contributed by atoms with Crippen LogP contribution in [0.3, 0.4) is 0 Å². The van der Waals surface area contributed by atoms with E-state index in [0.717, 1.165) is 5.69 Å². The van der Waals surface area contributed by atoms with E-state index in [-0.39, 0.29) is 24.9 Å². The summed E-state index contributed by atoms with van der Waals surface area (Å²) in [5.74, 6) is -0.569. The molecule has 0 aliphatic carbocycles. The highest BCUT2D eigenvalue weighted by atomic mass is 35.5. The molecule has 0 unspecified atom stereocenters. The van der Waals surface area contributed by atoms with Crippen molar-refractivity contribution in [1.82, 2.24) is 4.90 Å². The van der Waals surface area contributed by atoms with Gasteiger partial charge in [0.1, 0.15) is 0 Å². The van der Waals surface area contributed by atoms with Crippen molar-refractivity contribution in [3.05, 3.63) is 59.1 Å². The zero-order chi connectivity index (χ0) is 18.2. The maximum absolute atomic E-state index is 12.1. The topological polar surface area (TPSA) is 85.2 Å². The Morgan fingerprint density at radius 2 is 1.84 bits per heavy atom. The van der Waals surface area contributed by atoms with Gasteiger partial charge in [0.2, 0.25) is 11.8 Å². The predicted octanol–water partition coefficient (Wildman–Crippen LogP) is 2.72. The summed E-state index contributed by atoms with van der Waals surface area (Å²) in [4.78, 5) is 25.4. The van der Waals surface area contributed by atoms with Gasteiger partial charge in [0.05, 0.1) is 35.4 Å². The average Bonchev–Trinajstić information content (AvgIpc) is 2.62. The Kier molecular flexibility index (Phi) is 6.38. The summed E-state index contributed by atoms with van der Waals surface area (Å²) in [5.41, 5.74) is 1.78. The molecule has 0 saturated carbocycles. The smallest absolute Gasteiger partial charge is 0.244 e. The number of likely N-dealkylation sites (N-methyl/N-ethyl adjacent to an activating group) is 1. The SMILES string of the molecule is CN(CC(=O)Nc1ccccc1Cl)C(=O)CNc1ccc(C#N)cc1. The number of carbonyl (C=O) groups is 2. The van der Waals surface area contributed by atoms with Crippen LogP contribution in [0.4, 0.5) is 11.4 Å². The van der Waals surface area contributed by atoms with Gasteiger partial charge in [-0.05, 0) is 36.4 Å². The third-order valence-corrected chi connectivity index (χ3v) is 3.74. The molecule has 2 aromatic carbocycles. The van der Waals surface area contributed by atoms with Crippen molar-refractivity contribution in [1.29, 1.82) is 5.26 Å². The third kappa shape index (κ3) is 5.52. The zero-order valence-electron chi connectivity index (χ0n) is 13.6. The summed E-state index contributed by atoms with van der Waals surface area (Å²) in [6.45, 7) is -0.0408. The van der Waals surface area contributed by atoms with Gasteiger partial charge < -0.3 is 15.5 Å². The monoisotopic (exact) mass is 356 g/mol. The van der Waals surface area contributed by atoms with Crippen molar-refractivity contribution in [3.63, 3.8) is 0 Å². The molecule has 2 aromatic rings. The van der Waals surface area contributed by atoms with Crippen molar-refractivity contribution >= 4 is 34.8 Å². The fourth-order valence-corrected chi connectivity index (χ4v) is 2.21. The quantitative estimate of drug-likeness (QED) is 0.833. The molecule has 0 aliphatic heterocycles. The summed E-state index contributed by atoms with van der Waals surface area (Å²) < 4.78 is 0. The summed E-state index contributed by atoms with van der Waals surface area (Å²) in [6, 6.07) is 15.7. The molecule has 0 aliphatic rings. The van der Waals surface area contributed by atoms with E-state index in [1.54, 1.807) is 55.6 Å². The molecule has 0 aromatic heterocycles. The Morgan fingerprint density at radius 1 is 1.16 bits per heavy atom. The molecular weight excluding hydrogens is 340 g/mol. The summed E-state index contributed by atoms with van der Waals surface area (Å²) in [5, 5.41) is 14.8. The highest BCUT2D eigenvalue weighted by Gasteiger charge is 2.13. The van der Waals surface area contributed by atoms with Crippen LogP contribution in [0.25, 0.3) is 0 Å². The first-order valence-corrected chi connectivity index (χ1v) is 7.90. The lowest BCUT2D eigenvalue weighted by Crippen LogP contribution is -2.38. The number of anilines is 2. The number of benzene rings is 2. The van der Waals surface area contributed by atoms with E-state index in [0.29, 0.717) is 16.3 Å². The van der Waals surface area contributed by atoms with E-state index >= 15 is 0 Å². The number of hydrogen-bond donors (Lipinski definition) is 2. The standard InChI is InChI=1S/C18H17ClN4O2/c1-23(12-17(24)22-16-5-3-2-4-15(16)19)18(25)11-21-14-8-6-13(10-20)7-9-14/h2-9,21H,11-12H2,1H3,(H,22,24). The highest BCUT2D eigenvalue weighted by Crippen LogP contribution is 2.20. The van der Waals surface area contributed by atoms with Gasteiger partial charge in [0, 0.05) is 12.7 Å². The molecule has 0 spiro atoms.